The van der Waals surface area contributed by atoms with Gasteiger partial charge in [0, 0.05) is 6.08 Å². The Morgan fingerprint density at radius 1 is 1.35 bits per heavy atom. The predicted molar refractivity (Wildman–Crippen MR) is 87.4 cm³/mol. The van der Waals surface area contributed by atoms with Gasteiger partial charge in [-0.15, -0.1) is 0 Å². The van der Waals surface area contributed by atoms with E-state index in [1.807, 2.05) is 13.0 Å². The number of ether oxygens (including phenoxy) is 2. The Balaban J connectivity index is 3.01. The molecule has 0 amide bonds. The van der Waals surface area contributed by atoms with Crippen LogP contribution in [0.2, 0.25) is 0 Å². The molecule has 110 valence electrons. The fourth-order valence-corrected chi connectivity index (χ4v) is 2.35. The largest absolute Gasteiger partial charge is 0.490 e. The van der Waals surface area contributed by atoms with Crippen LogP contribution in [0.3, 0.4) is 0 Å². The standard InChI is InChI=1S/C15H19IO4/c1-3-5-8-20-15-12(16)9-11(6-7-14(17)18)10-13(15)19-4-2/h6-7,9-10H,3-5,8H2,1-2H3,(H,17,18). The van der Waals surface area contributed by atoms with Crippen LogP contribution in [0.4, 0.5) is 0 Å². The fraction of sp³-hybridized carbons (Fsp3) is 0.400. The molecular weight excluding hydrogens is 371 g/mol. The first-order chi connectivity index (χ1) is 9.58. The molecule has 0 saturated carbocycles. The first-order valence-electron chi connectivity index (χ1n) is 6.58. The number of carbonyl (C=O) groups is 1. The van der Waals surface area contributed by atoms with Crippen molar-refractivity contribution >= 4 is 34.6 Å². The van der Waals surface area contributed by atoms with E-state index < -0.39 is 5.97 Å². The number of carboxylic acid groups (broad SMARTS) is 1. The maximum atomic E-state index is 10.6. The number of unbranched alkanes of at least 4 members (excludes halogenated alkanes) is 1. The zero-order chi connectivity index (χ0) is 15.0. The van der Waals surface area contributed by atoms with E-state index in [4.69, 9.17) is 14.6 Å². The van der Waals surface area contributed by atoms with E-state index in [2.05, 4.69) is 29.5 Å². The number of aliphatic carboxylic acids is 1. The minimum Gasteiger partial charge on any atom is -0.490 e. The molecule has 1 rings (SSSR count). The third-order valence-electron chi connectivity index (χ3n) is 2.49. The molecule has 0 heterocycles. The fourth-order valence-electron chi connectivity index (χ4n) is 1.57. The number of rotatable bonds is 8. The first kappa shape index (κ1) is 16.8. The normalized spacial score (nSPS) is 10.8. The maximum Gasteiger partial charge on any atom is 0.328 e. The van der Waals surface area contributed by atoms with Gasteiger partial charge in [0.2, 0.25) is 0 Å². The molecule has 1 aromatic carbocycles. The Kier molecular flexibility index (Phi) is 7.43. The number of halogens is 1. The van der Waals surface area contributed by atoms with Gasteiger partial charge in [0.25, 0.3) is 0 Å². The van der Waals surface area contributed by atoms with E-state index >= 15 is 0 Å². The van der Waals surface area contributed by atoms with Crippen molar-refractivity contribution < 1.29 is 19.4 Å². The lowest BCUT2D eigenvalue weighted by molar-refractivity contribution is -0.131. The summed E-state index contributed by atoms with van der Waals surface area (Å²) in [5.41, 5.74) is 0.781. The van der Waals surface area contributed by atoms with Gasteiger partial charge in [-0.25, -0.2) is 4.79 Å². The predicted octanol–water partition coefficient (Wildman–Crippen LogP) is 3.97. The average molecular weight is 390 g/mol. The third-order valence-corrected chi connectivity index (χ3v) is 3.30. The van der Waals surface area contributed by atoms with Crippen molar-refractivity contribution in [2.45, 2.75) is 26.7 Å². The molecule has 20 heavy (non-hydrogen) atoms. The molecule has 0 spiro atoms. The second-order valence-corrected chi connectivity index (χ2v) is 5.30. The number of carboxylic acids is 1. The van der Waals surface area contributed by atoms with E-state index in [1.165, 1.54) is 0 Å². The topological polar surface area (TPSA) is 55.8 Å². The summed E-state index contributed by atoms with van der Waals surface area (Å²) in [6.45, 7) is 5.20. The van der Waals surface area contributed by atoms with E-state index in [0.29, 0.717) is 19.0 Å². The lowest BCUT2D eigenvalue weighted by atomic mass is 10.2. The summed E-state index contributed by atoms with van der Waals surface area (Å²) in [6.07, 6.45) is 4.71. The van der Waals surface area contributed by atoms with Crippen LogP contribution >= 0.6 is 22.6 Å². The zero-order valence-corrected chi connectivity index (χ0v) is 13.8. The minimum atomic E-state index is -0.971. The molecule has 0 aliphatic heterocycles. The highest BCUT2D eigenvalue weighted by molar-refractivity contribution is 14.1. The van der Waals surface area contributed by atoms with Gasteiger partial charge < -0.3 is 14.6 Å². The molecule has 4 nitrogen and oxygen atoms in total. The monoisotopic (exact) mass is 390 g/mol. The van der Waals surface area contributed by atoms with Crippen molar-refractivity contribution in [3.8, 4) is 11.5 Å². The van der Waals surface area contributed by atoms with Crippen molar-refractivity contribution in [1.82, 2.24) is 0 Å². The van der Waals surface area contributed by atoms with Gasteiger partial charge in [-0.05, 0) is 59.7 Å². The highest BCUT2D eigenvalue weighted by atomic mass is 127. The summed E-state index contributed by atoms with van der Waals surface area (Å²) < 4.78 is 12.3. The smallest absolute Gasteiger partial charge is 0.328 e. The van der Waals surface area contributed by atoms with Gasteiger partial charge >= 0.3 is 5.97 Å². The van der Waals surface area contributed by atoms with Crippen LogP contribution in [0.1, 0.15) is 32.3 Å². The van der Waals surface area contributed by atoms with Gasteiger partial charge in [0.1, 0.15) is 0 Å². The van der Waals surface area contributed by atoms with E-state index in [1.54, 1.807) is 12.1 Å². The Labute approximate surface area is 132 Å². The molecule has 0 unspecified atom stereocenters. The van der Waals surface area contributed by atoms with Crippen molar-refractivity contribution in [3.05, 3.63) is 27.3 Å². The summed E-state index contributed by atoms with van der Waals surface area (Å²) in [5, 5.41) is 8.67. The molecule has 0 saturated heterocycles. The molecule has 0 radical (unpaired) electrons. The number of hydrogen-bond acceptors (Lipinski definition) is 3. The van der Waals surface area contributed by atoms with Crippen molar-refractivity contribution in [3.63, 3.8) is 0 Å². The van der Waals surface area contributed by atoms with Gasteiger partial charge in [-0.3, -0.25) is 0 Å². The van der Waals surface area contributed by atoms with E-state index in [0.717, 1.165) is 33.8 Å². The lowest BCUT2D eigenvalue weighted by Gasteiger charge is -2.14. The maximum absolute atomic E-state index is 10.6. The summed E-state index contributed by atoms with van der Waals surface area (Å²) in [5.74, 6) is 0.412. The van der Waals surface area contributed by atoms with Gasteiger partial charge in [0.15, 0.2) is 11.5 Å². The number of hydrogen-bond donors (Lipinski definition) is 1. The van der Waals surface area contributed by atoms with Crippen LogP contribution < -0.4 is 9.47 Å². The summed E-state index contributed by atoms with van der Waals surface area (Å²) in [7, 11) is 0. The molecule has 5 heteroatoms. The first-order valence-corrected chi connectivity index (χ1v) is 7.66. The molecular formula is C15H19IO4. The Hall–Kier alpha value is -1.24. The van der Waals surface area contributed by atoms with E-state index in [9.17, 15) is 4.79 Å². The lowest BCUT2D eigenvalue weighted by Crippen LogP contribution is -2.03. The number of benzene rings is 1. The Morgan fingerprint density at radius 3 is 2.70 bits per heavy atom. The molecule has 0 aliphatic carbocycles. The second kappa shape index (κ2) is 8.84. The molecule has 0 bridgehead atoms. The third kappa shape index (κ3) is 5.40. The summed E-state index contributed by atoms with van der Waals surface area (Å²) >= 11 is 2.17. The van der Waals surface area contributed by atoms with Crippen molar-refractivity contribution in [1.29, 1.82) is 0 Å². The minimum absolute atomic E-state index is 0.534. The molecule has 1 aromatic rings. The zero-order valence-electron chi connectivity index (χ0n) is 11.7. The van der Waals surface area contributed by atoms with Crippen LogP contribution in [0.15, 0.2) is 18.2 Å². The second-order valence-electron chi connectivity index (χ2n) is 4.14. The van der Waals surface area contributed by atoms with Gasteiger partial charge in [0.05, 0.1) is 16.8 Å². The Morgan fingerprint density at radius 2 is 2.10 bits per heavy atom. The van der Waals surface area contributed by atoms with Crippen LogP contribution in [-0.2, 0) is 4.79 Å². The van der Waals surface area contributed by atoms with Crippen molar-refractivity contribution in [2.75, 3.05) is 13.2 Å². The Bertz CT molecular complexity index is 483. The van der Waals surface area contributed by atoms with Gasteiger partial charge in [-0.2, -0.15) is 0 Å². The molecule has 0 atom stereocenters. The average Bonchev–Trinajstić information content (AvgIpc) is 2.39. The molecule has 0 aromatic heterocycles. The van der Waals surface area contributed by atoms with Crippen LogP contribution in [0.25, 0.3) is 6.08 Å². The highest BCUT2D eigenvalue weighted by Crippen LogP contribution is 2.34. The summed E-state index contributed by atoms with van der Waals surface area (Å²) in [6, 6.07) is 3.68. The SMILES string of the molecule is CCCCOc1c(I)cc(C=CC(=O)O)cc1OCC. The summed E-state index contributed by atoms with van der Waals surface area (Å²) in [4.78, 5) is 10.6. The van der Waals surface area contributed by atoms with Crippen LogP contribution in [0.5, 0.6) is 11.5 Å². The quantitative estimate of drug-likeness (QED) is 0.415. The van der Waals surface area contributed by atoms with Crippen LogP contribution in [-0.4, -0.2) is 24.3 Å². The highest BCUT2D eigenvalue weighted by Gasteiger charge is 2.11. The molecule has 0 aliphatic rings. The van der Waals surface area contributed by atoms with Gasteiger partial charge in [-0.1, -0.05) is 13.3 Å². The van der Waals surface area contributed by atoms with Crippen molar-refractivity contribution in [2.24, 2.45) is 0 Å². The molecule has 0 fully saturated rings. The van der Waals surface area contributed by atoms with Crippen LogP contribution in [0, 0.1) is 3.57 Å². The van der Waals surface area contributed by atoms with E-state index in [-0.39, 0.29) is 0 Å². The molecule has 1 N–H and O–H groups in total.